The van der Waals surface area contributed by atoms with Gasteiger partial charge >= 0.3 is 0 Å². The molecule has 1 rings (SSSR count). The molecule has 1 aliphatic heterocycles. The van der Waals surface area contributed by atoms with Crippen LogP contribution in [0.4, 0.5) is 0 Å². The van der Waals surface area contributed by atoms with Crippen LogP contribution in [0.1, 0.15) is 13.3 Å². The molecule has 3 heteroatoms. The van der Waals surface area contributed by atoms with Gasteiger partial charge in [0.2, 0.25) is 5.91 Å². The minimum Gasteiger partial charge on any atom is -0.340 e. The van der Waals surface area contributed by atoms with Crippen molar-refractivity contribution in [2.24, 2.45) is 0 Å². The van der Waals surface area contributed by atoms with E-state index in [4.69, 9.17) is 0 Å². The van der Waals surface area contributed by atoms with Crippen LogP contribution in [0.3, 0.4) is 0 Å². The van der Waals surface area contributed by atoms with E-state index in [-0.39, 0.29) is 11.9 Å². The lowest BCUT2D eigenvalue weighted by atomic mass is 10.2. The zero-order chi connectivity index (χ0) is 8.97. The van der Waals surface area contributed by atoms with Crippen molar-refractivity contribution in [1.82, 2.24) is 10.2 Å². The number of hydrogen-bond donors (Lipinski definition) is 1. The molecule has 1 fully saturated rings. The average Bonchev–Trinajstić information content (AvgIpc) is 2.08. The van der Waals surface area contributed by atoms with Crippen molar-refractivity contribution in [1.29, 1.82) is 0 Å². The van der Waals surface area contributed by atoms with Gasteiger partial charge < -0.3 is 10.2 Å². The highest BCUT2D eigenvalue weighted by molar-refractivity contribution is 5.82. The Morgan fingerprint density at radius 1 is 1.83 bits per heavy atom. The summed E-state index contributed by atoms with van der Waals surface area (Å²) < 4.78 is 0. The van der Waals surface area contributed by atoms with E-state index in [1.54, 1.807) is 0 Å². The van der Waals surface area contributed by atoms with Crippen molar-refractivity contribution in [2.75, 3.05) is 19.6 Å². The highest BCUT2D eigenvalue weighted by Gasteiger charge is 2.23. The number of carbonyl (C=O) groups is 1. The van der Waals surface area contributed by atoms with Gasteiger partial charge in [-0.1, -0.05) is 6.08 Å². The number of nitrogens with zero attached hydrogens (tertiary/aromatic N) is 1. The highest BCUT2D eigenvalue weighted by Crippen LogP contribution is 2.01. The molecule has 0 bridgehead atoms. The molecule has 0 aromatic carbocycles. The fraction of sp³-hybridized carbons (Fsp3) is 0.667. The van der Waals surface area contributed by atoms with Gasteiger partial charge in [0.1, 0.15) is 0 Å². The van der Waals surface area contributed by atoms with Gasteiger partial charge in [-0.05, 0) is 13.3 Å². The number of hydrogen-bond acceptors (Lipinski definition) is 2. The predicted molar refractivity (Wildman–Crippen MR) is 48.9 cm³/mol. The number of carbonyl (C=O) groups excluding carboxylic acids is 1. The second kappa shape index (κ2) is 4.26. The van der Waals surface area contributed by atoms with Crippen LogP contribution in [0.25, 0.3) is 0 Å². The van der Waals surface area contributed by atoms with E-state index in [0.717, 1.165) is 26.1 Å². The molecule has 1 N–H and O–H groups in total. The molecule has 0 spiro atoms. The van der Waals surface area contributed by atoms with E-state index < -0.39 is 0 Å². The minimum absolute atomic E-state index is 0.0106. The number of rotatable bonds is 3. The number of amides is 1. The van der Waals surface area contributed by atoms with E-state index in [9.17, 15) is 4.79 Å². The van der Waals surface area contributed by atoms with Gasteiger partial charge in [0, 0.05) is 19.6 Å². The molecule has 1 saturated heterocycles. The van der Waals surface area contributed by atoms with Crippen LogP contribution in [-0.2, 0) is 4.79 Å². The summed E-state index contributed by atoms with van der Waals surface area (Å²) in [6.45, 7) is 8.09. The molecule has 0 aliphatic carbocycles. The lowest BCUT2D eigenvalue weighted by molar-refractivity contribution is -0.135. The summed E-state index contributed by atoms with van der Waals surface area (Å²) in [5, 5.41) is 3.12. The molecule has 1 amide bonds. The van der Waals surface area contributed by atoms with Gasteiger partial charge in [-0.25, -0.2) is 0 Å². The van der Waals surface area contributed by atoms with Crippen molar-refractivity contribution < 1.29 is 4.79 Å². The Kier molecular flexibility index (Phi) is 3.29. The molecule has 12 heavy (non-hydrogen) atoms. The first kappa shape index (κ1) is 9.26. The minimum atomic E-state index is -0.0106. The maximum atomic E-state index is 11.5. The van der Waals surface area contributed by atoms with E-state index in [1.807, 2.05) is 17.9 Å². The largest absolute Gasteiger partial charge is 0.340 e. The van der Waals surface area contributed by atoms with Gasteiger partial charge in [0.15, 0.2) is 0 Å². The smallest absolute Gasteiger partial charge is 0.239 e. The predicted octanol–water partition coefficient (Wildman–Crippen LogP) is 0.383. The van der Waals surface area contributed by atoms with Gasteiger partial charge in [-0.3, -0.25) is 4.79 Å². The third-order valence-corrected chi connectivity index (χ3v) is 2.12. The second-order valence-electron chi connectivity index (χ2n) is 3.08. The Morgan fingerprint density at radius 2 is 2.58 bits per heavy atom. The Balaban J connectivity index is 2.40. The molecule has 1 atom stereocenters. The third kappa shape index (κ3) is 2.08. The summed E-state index contributed by atoms with van der Waals surface area (Å²) in [6, 6.07) is -0.0106. The molecule has 1 aliphatic rings. The lowest BCUT2D eigenvalue weighted by Crippen LogP contribution is -2.53. The lowest BCUT2D eigenvalue weighted by Gasteiger charge is -2.31. The Bertz CT molecular complexity index is 179. The van der Waals surface area contributed by atoms with E-state index in [1.165, 1.54) is 0 Å². The van der Waals surface area contributed by atoms with E-state index >= 15 is 0 Å². The molecular weight excluding hydrogens is 152 g/mol. The first-order valence-electron chi connectivity index (χ1n) is 4.38. The first-order valence-corrected chi connectivity index (χ1v) is 4.38. The second-order valence-corrected chi connectivity index (χ2v) is 3.08. The SMILES string of the molecule is C=CCCN1CCN[C@@H](C)C1=O. The van der Waals surface area contributed by atoms with Gasteiger partial charge in [-0.15, -0.1) is 6.58 Å². The van der Waals surface area contributed by atoms with Crippen LogP contribution in [-0.4, -0.2) is 36.5 Å². The first-order chi connectivity index (χ1) is 5.75. The van der Waals surface area contributed by atoms with Gasteiger partial charge in [0.05, 0.1) is 6.04 Å². The standard InChI is InChI=1S/C9H16N2O/c1-3-4-6-11-7-5-10-8(2)9(11)12/h3,8,10H,1,4-7H2,2H3/t8-/m0/s1. The van der Waals surface area contributed by atoms with Gasteiger partial charge in [0.25, 0.3) is 0 Å². The molecule has 3 nitrogen and oxygen atoms in total. The van der Waals surface area contributed by atoms with E-state index in [2.05, 4.69) is 11.9 Å². The Hall–Kier alpha value is -0.830. The molecule has 0 saturated carbocycles. The number of piperazine rings is 1. The third-order valence-electron chi connectivity index (χ3n) is 2.12. The van der Waals surface area contributed by atoms with Crippen molar-refractivity contribution in [3.8, 4) is 0 Å². The zero-order valence-corrected chi connectivity index (χ0v) is 7.55. The fourth-order valence-electron chi connectivity index (χ4n) is 1.36. The molecule has 0 aromatic heterocycles. The quantitative estimate of drug-likeness (QED) is 0.618. The topological polar surface area (TPSA) is 32.3 Å². The van der Waals surface area contributed by atoms with Crippen LogP contribution < -0.4 is 5.32 Å². The van der Waals surface area contributed by atoms with Crippen LogP contribution in [0.15, 0.2) is 12.7 Å². The summed E-state index contributed by atoms with van der Waals surface area (Å²) in [5.41, 5.74) is 0. The monoisotopic (exact) mass is 168 g/mol. The van der Waals surface area contributed by atoms with Crippen molar-refractivity contribution in [3.63, 3.8) is 0 Å². The summed E-state index contributed by atoms with van der Waals surface area (Å²) in [4.78, 5) is 13.4. The normalized spacial score (nSPS) is 24.2. The zero-order valence-electron chi connectivity index (χ0n) is 7.55. The molecule has 68 valence electrons. The Labute approximate surface area is 73.4 Å². The molecule has 0 unspecified atom stereocenters. The Morgan fingerprint density at radius 3 is 3.25 bits per heavy atom. The van der Waals surface area contributed by atoms with Crippen molar-refractivity contribution in [3.05, 3.63) is 12.7 Å². The number of nitrogens with one attached hydrogen (secondary N) is 1. The summed E-state index contributed by atoms with van der Waals surface area (Å²) >= 11 is 0. The van der Waals surface area contributed by atoms with Gasteiger partial charge in [-0.2, -0.15) is 0 Å². The summed E-state index contributed by atoms with van der Waals surface area (Å²) in [5.74, 6) is 0.211. The maximum Gasteiger partial charge on any atom is 0.239 e. The molecule has 1 heterocycles. The fourth-order valence-corrected chi connectivity index (χ4v) is 1.36. The van der Waals surface area contributed by atoms with Crippen LogP contribution >= 0.6 is 0 Å². The molecule has 0 radical (unpaired) electrons. The van der Waals surface area contributed by atoms with E-state index in [0.29, 0.717) is 0 Å². The highest BCUT2D eigenvalue weighted by atomic mass is 16.2. The average molecular weight is 168 g/mol. The van der Waals surface area contributed by atoms with Crippen molar-refractivity contribution >= 4 is 5.91 Å². The molecule has 0 aromatic rings. The van der Waals surface area contributed by atoms with Crippen molar-refractivity contribution in [2.45, 2.75) is 19.4 Å². The van der Waals surface area contributed by atoms with Crippen LogP contribution in [0.2, 0.25) is 0 Å². The summed E-state index contributed by atoms with van der Waals surface area (Å²) in [7, 11) is 0. The van der Waals surface area contributed by atoms with Crippen LogP contribution in [0, 0.1) is 0 Å². The van der Waals surface area contributed by atoms with Crippen LogP contribution in [0.5, 0.6) is 0 Å². The summed E-state index contributed by atoms with van der Waals surface area (Å²) in [6.07, 6.45) is 2.73. The maximum absolute atomic E-state index is 11.5. The molecular formula is C9H16N2O.